The van der Waals surface area contributed by atoms with E-state index in [1.54, 1.807) is 24.3 Å². The first kappa shape index (κ1) is 13.7. The number of hydrogen-bond acceptors (Lipinski definition) is 3. The van der Waals surface area contributed by atoms with E-state index in [1.807, 2.05) is 0 Å². The maximum absolute atomic E-state index is 13.6. The van der Waals surface area contributed by atoms with Crippen LogP contribution in [-0.4, -0.2) is 12.5 Å². The van der Waals surface area contributed by atoms with Gasteiger partial charge in [0.25, 0.3) is 5.91 Å². The van der Waals surface area contributed by atoms with Crippen LogP contribution < -0.4 is 15.4 Å². The lowest BCUT2D eigenvalue weighted by Crippen LogP contribution is -2.25. The second-order valence-electron chi connectivity index (χ2n) is 4.64. The van der Waals surface area contributed by atoms with Crippen molar-refractivity contribution in [1.29, 1.82) is 0 Å². The molecule has 0 saturated carbocycles. The van der Waals surface area contributed by atoms with E-state index in [4.69, 9.17) is 16.3 Å². The Labute approximate surface area is 125 Å². The van der Waals surface area contributed by atoms with Gasteiger partial charge in [-0.15, -0.1) is 0 Å². The van der Waals surface area contributed by atoms with Gasteiger partial charge in [0.2, 0.25) is 0 Å². The van der Waals surface area contributed by atoms with E-state index in [0.29, 0.717) is 28.6 Å². The zero-order valence-electron chi connectivity index (χ0n) is 11.0. The molecule has 1 heterocycles. The minimum absolute atomic E-state index is 0.0213. The van der Waals surface area contributed by atoms with Crippen LogP contribution >= 0.6 is 11.6 Å². The molecule has 21 heavy (non-hydrogen) atoms. The summed E-state index contributed by atoms with van der Waals surface area (Å²) >= 11 is 5.85. The molecule has 1 amide bonds. The average molecular weight is 307 g/mol. The molecule has 0 aromatic heterocycles. The third kappa shape index (κ3) is 3.08. The van der Waals surface area contributed by atoms with Gasteiger partial charge in [0, 0.05) is 22.8 Å². The first-order chi connectivity index (χ1) is 10.1. The zero-order chi connectivity index (χ0) is 14.8. The highest BCUT2D eigenvalue weighted by Crippen LogP contribution is 2.30. The molecule has 0 unspecified atom stereocenters. The van der Waals surface area contributed by atoms with Crippen molar-refractivity contribution in [2.75, 3.05) is 17.2 Å². The minimum Gasteiger partial charge on any atom is -0.482 e. The Morgan fingerprint density at radius 1 is 1.29 bits per heavy atom. The molecule has 3 rings (SSSR count). The molecule has 0 saturated heterocycles. The van der Waals surface area contributed by atoms with Gasteiger partial charge < -0.3 is 15.4 Å². The van der Waals surface area contributed by atoms with E-state index in [1.165, 1.54) is 12.1 Å². The van der Waals surface area contributed by atoms with Gasteiger partial charge in [-0.05, 0) is 36.4 Å². The van der Waals surface area contributed by atoms with E-state index < -0.39 is 0 Å². The SMILES string of the molecule is O=C1COc2ccc(NCc3cc(Cl)ccc3F)cc2N1. The summed E-state index contributed by atoms with van der Waals surface area (Å²) in [6, 6.07) is 9.72. The van der Waals surface area contributed by atoms with Gasteiger partial charge in [-0.25, -0.2) is 4.39 Å². The molecule has 0 spiro atoms. The normalized spacial score (nSPS) is 13.1. The molecular weight excluding hydrogens is 295 g/mol. The summed E-state index contributed by atoms with van der Waals surface area (Å²) in [4.78, 5) is 11.3. The van der Waals surface area contributed by atoms with Gasteiger partial charge in [-0.1, -0.05) is 11.6 Å². The first-order valence-electron chi connectivity index (χ1n) is 6.36. The maximum atomic E-state index is 13.6. The largest absolute Gasteiger partial charge is 0.482 e. The van der Waals surface area contributed by atoms with Crippen LogP contribution in [0.3, 0.4) is 0 Å². The number of amides is 1. The fourth-order valence-electron chi connectivity index (χ4n) is 2.07. The summed E-state index contributed by atoms with van der Waals surface area (Å²) in [7, 11) is 0. The van der Waals surface area contributed by atoms with Gasteiger partial charge in [-0.3, -0.25) is 4.79 Å². The number of carbonyl (C=O) groups is 1. The predicted octanol–water partition coefficient (Wildman–Crippen LogP) is 3.42. The Bertz CT molecular complexity index is 706. The predicted molar refractivity (Wildman–Crippen MR) is 79.3 cm³/mol. The molecule has 0 bridgehead atoms. The smallest absolute Gasteiger partial charge is 0.262 e. The van der Waals surface area contributed by atoms with E-state index in [-0.39, 0.29) is 18.3 Å². The second-order valence-corrected chi connectivity index (χ2v) is 5.07. The quantitative estimate of drug-likeness (QED) is 0.913. The van der Waals surface area contributed by atoms with Crippen LogP contribution in [0.5, 0.6) is 5.75 Å². The van der Waals surface area contributed by atoms with Crippen LogP contribution in [0.4, 0.5) is 15.8 Å². The number of benzene rings is 2. The molecule has 0 aliphatic carbocycles. The van der Waals surface area contributed by atoms with Crippen molar-refractivity contribution >= 4 is 28.9 Å². The Morgan fingerprint density at radius 3 is 3.00 bits per heavy atom. The van der Waals surface area contributed by atoms with Crippen molar-refractivity contribution in [1.82, 2.24) is 0 Å². The Kier molecular flexibility index (Phi) is 3.66. The number of halogens is 2. The topological polar surface area (TPSA) is 50.4 Å². The first-order valence-corrected chi connectivity index (χ1v) is 6.74. The lowest BCUT2D eigenvalue weighted by Gasteiger charge is -2.19. The number of rotatable bonds is 3. The van der Waals surface area contributed by atoms with Crippen molar-refractivity contribution < 1.29 is 13.9 Å². The summed E-state index contributed by atoms with van der Waals surface area (Å²) in [5, 5.41) is 6.29. The number of hydrogen-bond donors (Lipinski definition) is 2. The molecule has 108 valence electrons. The van der Waals surface area contributed by atoms with Gasteiger partial charge in [-0.2, -0.15) is 0 Å². The summed E-state index contributed by atoms with van der Waals surface area (Å²) in [5.74, 6) is 0.108. The fraction of sp³-hybridized carbons (Fsp3) is 0.133. The molecule has 1 aliphatic heterocycles. The average Bonchev–Trinajstić information content (AvgIpc) is 2.47. The monoisotopic (exact) mass is 306 g/mol. The lowest BCUT2D eigenvalue weighted by atomic mass is 10.2. The molecule has 0 atom stereocenters. The molecule has 2 N–H and O–H groups in total. The fourth-order valence-corrected chi connectivity index (χ4v) is 2.26. The second kappa shape index (κ2) is 5.61. The Hall–Kier alpha value is -2.27. The van der Waals surface area contributed by atoms with Crippen molar-refractivity contribution in [3.8, 4) is 5.75 Å². The molecule has 2 aromatic rings. The summed E-state index contributed by atoms with van der Waals surface area (Å²) in [6.07, 6.45) is 0. The summed E-state index contributed by atoms with van der Waals surface area (Å²) in [6.45, 7) is 0.313. The standard InChI is InChI=1S/C15H12ClFN2O2/c16-10-1-3-12(17)9(5-10)7-18-11-2-4-14-13(6-11)19-15(20)8-21-14/h1-6,18H,7-8H2,(H,19,20). The van der Waals surface area contributed by atoms with Crippen LogP contribution in [0.25, 0.3) is 0 Å². The van der Waals surface area contributed by atoms with Crippen molar-refractivity contribution in [2.45, 2.75) is 6.54 Å². The highest BCUT2D eigenvalue weighted by Gasteiger charge is 2.15. The van der Waals surface area contributed by atoms with Crippen LogP contribution in [0, 0.1) is 5.82 Å². The number of carbonyl (C=O) groups excluding carboxylic acids is 1. The van der Waals surface area contributed by atoms with E-state index in [9.17, 15) is 9.18 Å². The van der Waals surface area contributed by atoms with E-state index >= 15 is 0 Å². The Morgan fingerprint density at radius 2 is 2.14 bits per heavy atom. The Balaban J connectivity index is 1.75. The highest BCUT2D eigenvalue weighted by atomic mass is 35.5. The van der Waals surface area contributed by atoms with Crippen LogP contribution in [0.1, 0.15) is 5.56 Å². The molecule has 1 aliphatic rings. The van der Waals surface area contributed by atoms with Gasteiger partial charge >= 0.3 is 0 Å². The number of fused-ring (bicyclic) bond motifs is 1. The molecule has 6 heteroatoms. The zero-order valence-corrected chi connectivity index (χ0v) is 11.7. The molecule has 0 fully saturated rings. The van der Waals surface area contributed by atoms with Crippen molar-refractivity contribution in [3.05, 3.63) is 52.8 Å². The molecule has 0 radical (unpaired) electrons. The van der Waals surface area contributed by atoms with Crippen molar-refractivity contribution in [2.24, 2.45) is 0 Å². The third-order valence-corrected chi connectivity index (χ3v) is 3.34. The highest BCUT2D eigenvalue weighted by molar-refractivity contribution is 6.30. The summed E-state index contributed by atoms with van der Waals surface area (Å²) in [5.41, 5.74) is 1.82. The van der Waals surface area contributed by atoms with E-state index in [2.05, 4.69) is 10.6 Å². The lowest BCUT2D eigenvalue weighted by molar-refractivity contribution is -0.118. The van der Waals surface area contributed by atoms with Crippen LogP contribution in [-0.2, 0) is 11.3 Å². The maximum Gasteiger partial charge on any atom is 0.262 e. The van der Waals surface area contributed by atoms with Gasteiger partial charge in [0.1, 0.15) is 11.6 Å². The number of anilines is 2. The molecule has 2 aromatic carbocycles. The number of ether oxygens (including phenoxy) is 1. The van der Waals surface area contributed by atoms with Gasteiger partial charge in [0.05, 0.1) is 5.69 Å². The molecule has 4 nitrogen and oxygen atoms in total. The summed E-state index contributed by atoms with van der Waals surface area (Å²) < 4.78 is 18.9. The minimum atomic E-state index is -0.318. The van der Waals surface area contributed by atoms with Crippen LogP contribution in [0.15, 0.2) is 36.4 Å². The van der Waals surface area contributed by atoms with E-state index in [0.717, 1.165) is 5.69 Å². The van der Waals surface area contributed by atoms with Crippen molar-refractivity contribution in [3.63, 3.8) is 0 Å². The number of nitrogens with one attached hydrogen (secondary N) is 2. The third-order valence-electron chi connectivity index (χ3n) is 3.10. The van der Waals surface area contributed by atoms with Gasteiger partial charge in [0.15, 0.2) is 6.61 Å². The van der Waals surface area contributed by atoms with Crippen LogP contribution in [0.2, 0.25) is 5.02 Å². The molecular formula is C15H12ClFN2O2.